The van der Waals surface area contributed by atoms with Crippen LogP contribution < -0.4 is 10.6 Å². The van der Waals surface area contributed by atoms with Gasteiger partial charge >= 0.3 is 5.97 Å². The first kappa shape index (κ1) is 19.8. The average molecular weight is 395 g/mol. The minimum Gasteiger partial charge on any atom is -0.449 e. The van der Waals surface area contributed by atoms with Crippen LogP contribution in [-0.4, -0.2) is 23.9 Å². The SMILES string of the molecule is CC(=O)Nc1ccc(C(=O)OC(C)C(=O)Nc2cc(Cl)ccc2Cl)cc1. The van der Waals surface area contributed by atoms with Crippen LogP contribution in [0.4, 0.5) is 11.4 Å². The minimum absolute atomic E-state index is 0.217. The Bertz CT molecular complexity index is 838. The second kappa shape index (κ2) is 8.69. The van der Waals surface area contributed by atoms with Gasteiger partial charge in [-0.1, -0.05) is 23.2 Å². The molecule has 2 aromatic rings. The lowest BCUT2D eigenvalue weighted by molar-refractivity contribution is -0.123. The van der Waals surface area contributed by atoms with Crippen LogP contribution in [0.15, 0.2) is 42.5 Å². The van der Waals surface area contributed by atoms with Crippen LogP contribution in [0.3, 0.4) is 0 Å². The summed E-state index contributed by atoms with van der Waals surface area (Å²) in [6, 6.07) is 10.7. The van der Waals surface area contributed by atoms with Crippen molar-refractivity contribution in [2.24, 2.45) is 0 Å². The van der Waals surface area contributed by atoms with Crippen LogP contribution in [0.5, 0.6) is 0 Å². The molecule has 2 aromatic carbocycles. The normalized spacial score (nSPS) is 11.4. The van der Waals surface area contributed by atoms with Gasteiger partial charge in [-0.05, 0) is 49.4 Å². The van der Waals surface area contributed by atoms with Crippen LogP contribution in [-0.2, 0) is 14.3 Å². The molecule has 0 fully saturated rings. The molecule has 2 N–H and O–H groups in total. The zero-order valence-electron chi connectivity index (χ0n) is 14.0. The summed E-state index contributed by atoms with van der Waals surface area (Å²) in [4.78, 5) is 35.3. The minimum atomic E-state index is -1.05. The number of rotatable bonds is 5. The summed E-state index contributed by atoms with van der Waals surface area (Å²) in [5.74, 6) is -1.43. The van der Waals surface area contributed by atoms with Gasteiger partial charge in [-0.2, -0.15) is 0 Å². The van der Waals surface area contributed by atoms with E-state index >= 15 is 0 Å². The van der Waals surface area contributed by atoms with Crippen LogP contribution in [0.25, 0.3) is 0 Å². The second-order valence-corrected chi connectivity index (χ2v) is 6.26. The molecule has 0 saturated carbocycles. The highest BCUT2D eigenvalue weighted by Gasteiger charge is 2.20. The summed E-state index contributed by atoms with van der Waals surface area (Å²) in [5.41, 5.74) is 1.13. The predicted octanol–water partition coefficient (Wildman–Crippen LogP) is 4.14. The third kappa shape index (κ3) is 5.47. The third-order valence-electron chi connectivity index (χ3n) is 3.28. The van der Waals surface area contributed by atoms with E-state index < -0.39 is 18.0 Å². The van der Waals surface area contributed by atoms with Crippen molar-refractivity contribution in [2.75, 3.05) is 10.6 Å². The molecule has 0 radical (unpaired) electrons. The van der Waals surface area contributed by atoms with Gasteiger partial charge in [-0.25, -0.2) is 4.79 Å². The van der Waals surface area contributed by atoms with E-state index in [1.54, 1.807) is 24.3 Å². The molecule has 1 atom stereocenters. The van der Waals surface area contributed by atoms with Gasteiger partial charge in [-0.15, -0.1) is 0 Å². The summed E-state index contributed by atoms with van der Waals surface area (Å²) >= 11 is 11.9. The summed E-state index contributed by atoms with van der Waals surface area (Å²) in [7, 11) is 0. The molecular formula is C18H16Cl2N2O4. The predicted molar refractivity (Wildman–Crippen MR) is 101 cm³/mol. The third-order valence-corrected chi connectivity index (χ3v) is 3.84. The molecule has 2 rings (SSSR count). The van der Waals surface area contributed by atoms with E-state index in [2.05, 4.69) is 10.6 Å². The van der Waals surface area contributed by atoms with Crippen molar-refractivity contribution in [3.8, 4) is 0 Å². The highest BCUT2D eigenvalue weighted by Crippen LogP contribution is 2.25. The standard InChI is InChI=1S/C18H16Cl2N2O4/c1-10(17(24)22-16-9-13(19)5-8-15(16)20)26-18(25)12-3-6-14(7-4-12)21-11(2)23/h3-10H,1-2H3,(H,21,23)(H,22,24). The highest BCUT2D eigenvalue weighted by atomic mass is 35.5. The van der Waals surface area contributed by atoms with Gasteiger partial charge in [-0.3, -0.25) is 9.59 Å². The molecule has 0 spiro atoms. The fourth-order valence-electron chi connectivity index (χ4n) is 2.00. The van der Waals surface area contributed by atoms with E-state index in [1.807, 2.05) is 0 Å². The summed E-state index contributed by atoms with van der Waals surface area (Å²) in [6.45, 7) is 2.83. The van der Waals surface area contributed by atoms with E-state index in [0.717, 1.165) is 0 Å². The topological polar surface area (TPSA) is 84.5 Å². The fraction of sp³-hybridized carbons (Fsp3) is 0.167. The number of ether oxygens (including phenoxy) is 1. The molecular weight excluding hydrogens is 379 g/mol. The number of hydrogen-bond acceptors (Lipinski definition) is 4. The van der Waals surface area contributed by atoms with Gasteiger partial charge in [0.15, 0.2) is 6.10 Å². The number of halogens is 2. The van der Waals surface area contributed by atoms with Crippen LogP contribution in [0, 0.1) is 0 Å². The number of esters is 1. The van der Waals surface area contributed by atoms with E-state index in [4.69, 9.17) is 27.9 Å². The van der Waals surface area contributed by atoms with Crippen molar-refractivity contribution < 1.29 is 19.1 Å². The molecule has 1 unspecified atom stereocenters. The Balaban J connectivity index is 1.98. The van der Waals surface area contributed by atoms with Crippen molar-refractivity contribution in [1.29, 1.82) is 0 Å². The van der Waals surface area contributed by atoms with Gasteiger partial charge < -0.3 is 15.4 Å². The first-order chi connectivity index (χ1) is 12.3. The maximum atomic E-state index is 12.2. The van der Waals surface area contributed by atoms with Crippen molar-refractivity contribution in [3.05, 3.63) is 58.1 Å². The molecule has 136 valence electrons. The van der Waals surface area contributed by atoms with Gasteiger partial charge in [0.05, 0.1) is 16.3 Å². The smallest absolute Gasteiger partial charge is 0.338 e. The summed E-state index contributed by atoms with van der Waals surface area (Å²) in [6.07, 6.45) is -1.05. The number of amides is 2. The molecule has 0 saturated heterocycles. The van der Waals surface area contributed by atoms with Gasteiger partial charge in [0.25, 0.3) is 5.91 Å². The molecule has 0 aromatic heterocycles. The molecule has 6 nitrogen and oxygen atoms in total. The number of benzene rings is 2. The zero-order valence-corrected chi connectivity index (χ0v) is 15.5. The number of carbonyl (C=O) groups excluding carboxylic acids is 3. The van der Waals surface area contributed by atoms with Crippen molar-refractivity contribution in [3.63, 3.8) is 0 Å². The lowest BCUT2D eigenvalue weighted by atomic mass is 10.2. The Morgan fingerprint density at radius 2 is 1.65 bits per heavy atom. The number of carbonyl (C=O) groups is 3. The Morgan fingerprint density at radius 3 is 2.27 bits per heavy atom. The Hall–Kier alpha value is -2.57. The number of anilines is 2. The molecule has 0 aliphatic carbocycles. The molecule has 8 heteroatoms. The maximum absolute atomic E-state index is 12.2. The largest absolute Gasteiger partial charge is 0.449 e. The molecule has 0 aliphatic heterocycles. The van der Waals surface area contributed by atoms with Crippen molar-refractivity contribution in [1.82, 2.24) is 0 Å². The lowest BCUT2D eigenvalue weighted by Crippen LogP contribution is -2.30. The quantitative estimate of drug-likeness (QED) is 0.746. The summed E-state index contributed by atoms with van der Waals surface area (Å²) in [5, 5.41) is 5.87. The first-order valence-electron chi connectivity index (χ1n) is 7.61. The molecule has 26 heavy (non-hydrogen) atoms. The Morgan fingerprint density at radius 1 is 1.00 bits per heavy atom. The van der Waals surface area contributed by atoms with E-state index in [0.29, 0.717) is 21.4 Å². The average Bonchev–Trinajstić information content (AvgIpc) is 2.58. The van der Waals surface area contributed by atoms with Gasteiger partial charge in [0, 0.05) is 17.6 Å². The first-order valence-corrected chi connectivity index (χ1v) is 8.36. The van der Waals surface area contributed by atoms with Gasteiger partial charge in [0.1, 0.15) is 0 Å². The van der Waals surface area contributed by atoms with Crippen molar-refractivity contribution in [2.45, 2.75) is 20.0 Å². The van der Waals surface area contributed by atoms with Crippen LogP contribution in [0.2, 0.25) is 10.0 Å². The molecule has 2 amide bonds. The maximum Gasteiger partial charge on any atom is 0.338 e. The zero-order chi connectivity index (χ0) is 19.3. The Kier molecular flexibility index (Phi) is 6.60. The van der Waals surface area contributed by atoms with Gasteiger partial charge in [0.2, 0.25) is 5.91 Å². The fourth-order valence-corrected chi connectivity index (χ4v) is 2.34. The van der Waals surface area contributed by atoms with E-state index in [-0.39, 0.29) is 11.5 Å². The van der Waals surface area contributed by atoms with Crippen LogP contribution in [0.1, 0.15) is 24.2 Å². The number of nitrogens with one attached hydrogen (secondary N) is 2. The van der Waals surface area contributed by atoms with E-state index in [9.17, 15) is 14.4 Å². The molecule has 0 bridgehead atoms. The summed E-state index contributed by atoms with van der Waals surface area (Å²) < 4.78 is 5.15. The Labute approximate surface area is 160 Å². The second-order valence-electron chi connectivity index (χ2n) is 5.42. The van der Waals surface area contributed by atoms with Crippen LogP contribution >= 0.6 is 23.2 Å². The van der Waals surface area contributed by atoms with Crippen molar-refractivity contribution >= 4 is 52.4 Å². The molecule has 0 heterocycles. The monoisotopic (exact) mass is 394 g/mol. The lowest BCUT2D eigenvalue weighted by Gasteiger charge is -2.14. The highest BCUT2D eigenvalue weighted by molar-refractivity contribution is 6.35. The molecule has 0 aliphatic rings. The number of hydrogen-bond donors (Lipinski definition) is 2. The van der Waals surface area contributed by atoms with E-state index in [1.165, 1.54) is 32.0 Å².